The van der Waals surface area contributed by atoms with Crippen molar-refractivity contribution < 1.29 is 0 Å². The summed E-state index contributed by atoms with van der Waals surface area (Å²) in [5.74, 6) is 0.714. The Labute approximate surface area is 306 Å². The highest BCUT2D eigenvalue weighted by Gasteiger charge is 2.53. The fraction of sp³-hybridized carbons (Fsp3) is 0.120. The molecule has 0 saturated heterocycles. The van der Waals surface area contributed by atoms with Gasteiger partial charge in [-0.25, -0.2) is 9.97 Å². The van der Waals surface area contributed by atoms with E-state index in [4.69, 9.17) is 9.97 Å². The zero-order valence-electron chi connectivity index (χ0n) is 30.1. The van der Waals surface area contributed by atoms with Crippen molar-refractivity contribution in [2.24, 2.45) is 0 Å². The third-order valence-corrected chi connectivity index (χ3v) is 11.3. The van der Waals surface area contributed by atoms with Crippen LogP contribution in [0.15, 0.2) is 170 Å². The van der Waals surface area contributed by atoms with Gasteiger partial charge in [-0.1, -0.05) is 172 Å². The van der Waals surface area contributed by atoms with E-state index in [0.717, 1.165) is 28.1 Å². The number of rotatable bonds is 5. The first-order valence-electron chi connectivity index (χ1n) is 18.2. The molecule has 0 atom stereocenters. The Morgan fingerprint density at radius 3 is 1.69 bits per heavy atom. The minimum atomic E-state index is -0.461. The number of allylic oxidation sites excluding steroid dienone is 4. The molecule has 1 aromatic heterocycles. The van der Waals surface area contributed by atoms with Crippen LogP contribution in [0.25, 0.3) is 50.6 Å². The van der Waals surface area contributed by atoms with Crippen LogP contribution in [0.2, 0.25) is 0 Å². The average molecular weight is 669 g/mol. The number of aromatic nitrogens is 2. The molecule has 0 radical (unpaired) electrons. The molecule has 0 N–H and O–H groups in total. The molecule has 2 aliphatic carbocycles. The molecular formula is C50H40N2. The van der Waals surface area contributed by atoms with E-state index >= 15 is 0 Å². The third-order valence-electron chi connectivity index (χ3n) is 11.3. The van der Waals surface area contributed by atoms with Gasteiger partial charge in [-0.2, -0.15) is 0 Å². The summed E-state index contributed by atoms with van der Waals surface area (Å²) < 4.78 is 0. The number of benzene rings is 6. The quantitative estimate of drug-likeness (QED) is 0.171. The fourth-order valence-corrected chi connectivity index (χ4v) is 8.72. The summed E-state index contributed by atoms with van der Waals surface area (Å²) in [6.45, 7) is 8.92. The summed E-state index contributed by atoms with van der Waals surface area (Å²) in [6, 6.07) is 55.4. The zero-order valence-corrected chi connectivity index (χ0v) is 30.1. The van der Waals surface area contributed by atoms with Gasteiger partial charge in [-0.05, 0) is 81.6 Å². The van der Waals surface area contributed by atoms with Crippen LogP contribution >= 0.6 is 0 Å². The van der Waals surface area contributed by atoms with Crippen LogP contribution in [-0.4, -0.2) is 9.97 Å². The van der Waals surface area contributed by atoms with Gasteiger partial charge in [0.25, 0.3) is 0 Å². The van der Waals surface area contributed by atoms with Gasteiger partial charge in [0, 0.05) is 22.1 Å². The maximum atomic E-state index is 5.31. The average Bonchev–Trinajstić information content (AvgIpc) is 3.49. The van der Waals surface area contributed by atoms with Crippen molar-refractivity contribution in [3.8, 4) is 45.0 Å². The van der Waals surface area contributed by atoms with Crippen LogP contribution < -0.4 is 0 Å². The van der Waals surface area contributed by atoms with Gasteiger partial charge in [0.2, 0.25) is 0 Å². The van der Waals surface area contributed by atoms with Crippen LogP contribution in [-0.2, 0) is 10.8 Å². The second kappa shape index (κ2) is 12.3. The highest BCUT2D eigenvalue weighted by Crippen LogP contribution is 2.62. The highest BCUT2D eigenvalue weighted by molar-refractivity contribution is 5.90. The van der Waals surface area contributed by atoms with E-state index < -0.39 is 5.41 Å². The fourth-order valence-electron chi connectivity index (χ4n) is 8.72. The lowest BCUT2D eigenvalue weighted by molar-refractivity contribution is 0.563. The topological polar surface area (TPSA) is 25.8 Å². The number of hydrogen-bond donors (Lipinski definition) is 0. The molecule has 1 spiro atoms. The lowest BCUT2D eigenvalue weighted by Gasteiger charge is -2.46. The van der Waals surface area contributed by atoms with E-state index in [1.54, 1.807) is 0 Å². The van der Waals surface area contributed by atoms with E-state index in [0.29, 0.717) is 5.82 Å². The number of fused-ring (bicyclic) bond motifs is 9. The molecule has 2 nitrogen and oxygen atoms in total. The molecular weight excluding hydrogens is 629 g/mol. The summed E-state index contributed by atoms with van der Waals surface area (Å²) >= 11 is 0. The molecule has 1 heterocycles. The van der Waals surface area contributed by atoms with E-state index in [-0.39, 0.29) is 5.41 Å². The predicted molar refractivity (Wildman–Crippen MR) is 216 cm³/mol. The lowest BCUT2D eigenvalue weighted by Crippen LogP contribution is -2.40. The lowest BCUT2D eigenvalue weighted by atomic mass is 9.55. The maximum Gasteiger partial charge on any atom is 0.160 e. The third kappa shape index (κ3) is 4.78. The number of nitrogens with zero attached hydrogens (tertiary/aromatic N) is 2. The van der Waals surface area contributed by atoms with Crippen molar-refractivity contribution in [3.05, 3.63) is 209 Å². The Balaban J connectivity index is 1.28. The van der Waals surface area contributed by atoms with Crippen molar-refractivity contribution in [2.45, 2.75) is 38.5 Å². The van der Waals surface area contributed by atoms with Gasteiger partial charge in [0.05, 0.1) is 16.8 Å². The van der Waals surface area contributed by atoms with E-state index in [9.17, 15) is 0 Å². The molecule has 9 rings (SSSR count). The van der Waals surface area contributed by atoms with Gasteiger partial charge in [0.15, 0.2) is 5.82 Å². The van der Waals surface area contributed by atoms with Crippen molar-refractivity contribution >= 4 is 5.57 Å². The minimum absolute atomic E-state index is 0.142. The predicted octanol–water partition coefficient (Wildman–Crippen LogP) is 12.5. The first-order valence-corrected chi connectivity index (χ1v) is 18.2. The van der Waals surface area contributed by atoms with Crippen molar-refractivity contribution in [1.82, 2.24) is 9.97 Å². The van der Waals surface area contributed by atoms with Gasteiger partial charge in [-0.15, -0.1) is 0 Å². The monoisotopic (exact) mass is 668 g/mol. The molecule has 0 bridgehead atoms. The smallest absolute Gasteiger partial charge is 0.160 e. The minimum Gasteiger partial charge on any atom is -0.228 e. The first-order chi connectivity index (χ1) is 25.4. The summed E-state index contributed by atoms with van der Waals surface area (Å²) in [4.78, 5) is 10.5. The molecule has 7 aromatic rings. The Bertz CT molecular complexity index is 2500. The Morgan fingerprint density at radius 2 is 1.04 bits per heavy atom. The summed E-state index contributed by atoms with van der Waals surface area (Å²) in [5.41, 5.74) is 17.4. The SMILES string of the molecule is C/C=C\C=C(/C)c1ccc(-c2nc(-c3ccccc3)cc(-c3ccc4c(c3)C3(c5ccccc5-4)c4ccccc4C(C)(C)c4ccccc43)n2)cc1. The van der Waals surface area contributed by atoms with Crippen LogP contribution in [0.5, 0.6) is 0 Å². The van der Waals surface area contributed by atoms with Gasteiger partial charge in [-0.3, -0.25) is 0 Å². The van der Waals surface area contributed by atoms with E-state index in [2.05, 4.69) is 179 Å². The van der Waals surface area contributed by atoms with Crippen LogP contribution in [0.1, 0.15) is 66.6 Å². The molecule has 6 aromatic carbocycles. The summed E-state index contributed by atoms with van der Waals surface area (Å²) in [7, 11) is 0. The molecule has 2 aliphatic rings. The normalized spacial score (nSPS) is 14.9. The largest absolute Gasteiger partial charge is 0.228 e. The highest BCUT2D eigenvalue weighted by atomic mass is 14.9. The Kier molecular flexibility index (Phi) is 7.52. The zero-order chi connectivity index (χ0) is 35.5. The van der Waals surface area contributed by atoms with Crippen LogP contribution in [0.3, 0.4) is 0 Å². The van der Waals surface area contributed by atoms with E-state index in [1.165, 1.54) is 55.6 Å². The second-order valence-electron chi connectivity index (χ2n) is 14.6. The Hall–Kier alpha value is -6.12. The molecule has 52 heavy (non-hydrogen) atoms. The molecule has 0 saturated carbocycles. The van der Waals surface area contributed by atoms with E-state index in [1.807, 2.05) is 19.1 Å². The van der Waals surface area contributed by atoms with Crippen molar-refractivity contribution in [1.29, 1.82) is 0 Å². The van der Waals surface area contributed by atoms with Crippen LogP contribution in [0.4, 0.5) is 0 Å². The Morgan fingerprint density at radius 1 is 0.500 bits per heavy atom. The van der Waals surface area contributed by atoms with Crippen molar-refractivity contribution in [3.63, 3.8) is 0 Å². The molecule has 0 aliphatic heterocycles. The molecule has 2 heteroatoms. The molecule has 0 fully saturated rings. The molecule has 0 unspecified atom stereocenters. The van der Waals surface area contributed by atoms with Gasteiger partial charge < -0.3 is 0 Å². The van der Waals surface area contributed by atoms with Crippen molar-refractivity contribution in [2.75, 3.05) is 0 Å². The summed E-state index contributed by atoms with van der Waals surface area (Å²) in [5, 5.41) is 0. The standard InChI is InChI=1S/C50H40N2/c1-5-6-16-33(2)34-25-27-36(28-26-34)48-51-46(35-17-8-7-9-18-35)32-47(52-48)37-29-30-39-38-19-10-11-20-40(38)50(45(39)31-37)43-23-14-12-21-41(43)49(3,4)42-22-13-15-24-44(42)50/h5-32H,1-4H3/b6-5-,33-16+. The first kappa shape index (κ1) is 31.8. The molecule has 0 amide bonds. The molecule has 250 valence electrons. The van der Waals surface area contributed by atoms with Gasteiger partial charge in [0.1, 0.15) is 0 Å². The number of hydrogen-bond acceptors (Lipinski definition) is 2. The second-order valence-corrected chi connectivity index (χ2v) is 14.6. The van der Waals surface area contributed by atoms with Gasteiger partial charge >= 0.3 is 0 Å². The maximum absolute atomic E-state index is 5.31. The van der Waals surface area contributed by atoms with Crippen LogP contribution in [0, 0.1) is 0 Å². The summed E-state index contributed by atoms with van der Waals surface area (Å²) in [6.07, 6.45) is 6.27.